The maximum Gasteiger partial charge on any atom is 0.412 e. The number of ether oxygens (including phenoxy) is 1. The van der Waals surface area contributed by atoms with E-state index in [1.807, 2.05) is 31.2 Å². The number of hydrogen-bond acceptors (Lipinski definition) is 4. The quantitative estimate of drug-likeness (QED) is 0.878. The molecule has 4 rings (SSSR count). The first-order chi connectivity index (χ1) is 12.4. The summed E-state index contributed by atoms with van der Waals surface area (Å²) in [5.41, 5.74) is 1.55. The molecule has 1 atom stereocenters. The Morgan fingerprint density at radius 2 is 1.85 bits per heavy atom. The number of carbonyl (C=O) groups is 1. The van der Waals surface area contributed by atoms with Crippen LogP contribution in [0, 0.1) is 6.92 Å². The van der Waals surface area contributed by atoms with Crippen molar-refractivity contribution >= 4 is 21.8 Å². The van der Waals surface area contributed by atoms with Crippen molar-refractivity contribution in [2.75, 3.05) is 18.4 Å². The van der Waals surface area contributed by atoms with Crippen molar-refractivity contribution in [1.29, 1.82) is 0 Å². The molecule has 2 aliphatic rings. The molecule has 2 aromatic rings. The van der Waals surface area contributed by atoms with Crippen molar-refractivity contribution in [2.45, 2.75) is 30.3 Å². The van der Waals surface area contributed by atoms with E-state index in [1.165, 1.54) is 4.31 Å². The third-order valence-corrected chi connectivity index (χ3v) is 6.88. The zero-order valence-corrected chi connectivity index (χ0v) is 15.3. The Hall–Kier alpha value is -2.38. The first-order valence-corrected chi connectivity index (χ1v) is 10.0. The zero-order chi connectivity index (χ0) is 18.4. The van der Waals surface area contributed by atoms with Gasteiger partial charge in [-0.05, 0) is 38.0 Å². The van der Waals surface area contributed by atoms with Gasteiger partial charge in [0.2, 0.25) is 10.0 Å². The van der Waals surface area contributed by atoms with Crippen LogP contribution in [0.4, 0.5) is 10.5 Å². The summed E-state index contributed by atoms with van der Waals surface area (Å²) in [6, 6.07) is 14.2. The number of nitrogens with one attached hydrogen (secondary N) is 1. The summed E-state index contributed by atoms with van der Waals surface area (Å²) in [7, 11) is -3.65. The highest BCUT2D eigenvalue weighted by molar-refractivity contribution is 7.89. The summed E-state index contributed by atoms with van der Waals surface area (Å²) in [5, 5.41) is 2.69. The number of sulfonamides is 1. The molecule has 2 aromatic carbocycles. The SMILES string of the molecule is Cc1ccc(S(=O)(=O)N2CCCC3(C2)OC(=O)Nc2ccccc23)cc1. The molecule has 0 aromatic heterocycles. The molecule has 0 aliphatic carbocycles. The largest absolute Gasteiger partial charge is 0.436 e. The molecule has 1 saturated heterocycles. The fraction of sp³-hybridized carbons (Fsp3) is 0.316. The van der Waals surface area contributed by atoms with Gasteiger partial charge in [-0.3, -0.25) is 5.32 Å². The van der Waals surface area contributed by atoms with Gasteiger partial charge < -0.3 is 4.74 Å². The second-order valence-electron chi connectivity index (χ2n) is 6.81. The van der Waals surface area contributed by atoms with Crippen molar-refractivity contribution in [3.05, 3.63) is 59.7 Å². The highest BCUT2D eigenvalue weighted by atomic mass is 32.2. The maximum absolute atomic E-state index is 13.1. The number of fused-ring (bicyclic) bond motifs is 2. The molecular formula is C19H20N2O4S. The fourth-order valence-corrected chi connectivity index (χ4v) is 5.24. The van der Waals surface area contributed by atoms with E-state index in [9.17, 15) is 13.2 Å². The van der Waals surface area contributed by atoms with E-state index in [4.69, 9.17) is 4.74 Å². The fourth-order valence-electron chi connectivity index (χ4n) is 3.71. The number of aryl methyl sites for hydroxylation is 1. The van der Waals surface area contributed by atoms with Gasteiger partial charge in [0.05, 0.1) is 17.1 Å². The first-order valence-electron chi connectivity index (χ1n) is 8.57. The second-order valence-corrected chi connectivity index (χ2v) is 8.75. The maximum atomic E-state index is 13.1. The number of benzene rings is 2. The van der Waals surface area contributed by atoms with Gasteiger partial charge in [0.15, 0.2) is 5.60 Å². The number of piperidine rings is 1. The van der Waals surface area contributed by atoms with Gasteiger partial charge in [-0.1, -0.05) is 35.9 Å². The molecule has 0 saturated carbocycles. The minimum Gasteiger partial charge on any atom is -0.436 e. The second kappa shape index (κ2) is 6.10. The van der Waals surface area contributed by atoms with E-state index in [2.05, 4.69) is 5.32 Å². The van der Waals surface area contributed by atoms with Crippen molar-refractivity contribution in [2.24, 2.45) is 0 Å². The van der Waals surface area contributed by atoms with Crippen molar-refractivity contribution in [3.8, 4) is 0 Å². The number of rotatable bonds is 2. The van der Waals surface area contributed by atoms with Crippen molar-refractivity contribution in [1.82, 2.24) is 4.31 Å². The molecule has 0 radical (unpaired) electrons. The number of nitrogens with zero attached hydrogens (tertiary/aromatic N) is 1. The zero-order valence-electron chi connectivity index (χ0n) is 14.4. The van der Waals surface area contributed by atoms with Crippen LogP contribution in [0.1, 0.15) is 24.0 Å². The van der Waals surface area contributed by atoms with Crippen LogP contribution in [-0.4, -0.2) is 31.9 Å². The van der Waals surface area contributed by atoms with E-state index >= 15 is 0 Å². The average molecular weight is 372 g/mol. The lowest BCUT2D eigenvalue weighted by Crippen LogP contribution is -2.53. The number of anilines is 1. The minimum absolute atomic E-state index is 0.119. The molecule has 1 amide bonds. The molecule has 2 aliphatic heterocycles. The average Bonchev–Trinajstić information content (AvgIpc) is 2.62. The van der Waals surface area contributed by atoms with E-state index in [0.29, 0.717) is 25.1 Å². The summed E-state index contributed by atoms with van der Waals surface area (Å²) in [5.74, 6) is 0. The lowest BCUT2D eigenvalue weighted by atomic mass is 9.84. The number of amides is 1. The normalized spacial score (nSPS) is 23.2. The monoisotopic (exact) mass is 372 g/mol. The summed E-state index contributed by atoms with van der Waals surface area (Å²) >= 11 is 0. The molecule has 1 unspecified atom stereocenters. The molecule has 1 N–H and O–H groups in total. The van der Waals surface area contributed by atoms with Crippen LogP contribution in [0.3, 0.4) is 0 Å². The lowest BCUT2D eigenvalue weighted by molar-refractivity contribution is -0.0269. The Bertz CT molecular complexity index is 956. The van der Waals surface area contributed by atoms with Gasteiger partial charge in [-0.15, -0.1) is 0 Å². The van der Waals surface area contributed by atoms with Crippen LogP contribution in [-0.2, 0) is 20.4 Å². The van der Waals surface area contributed by atoms with Crippen LogP contribution >= 0.6 is 0 Å². The molecule has 26 heavy (non-hydrogen) atoms. The third kappa shape index (κ3) is 2.77. The van der Waals surface area contributed by atoms with Gasteiger partial charge in [0, 0.05) is 12.1 Å². The van der Waals surface area contributed by atoms with Crippen molar-refractivity contribution in [3.63, 3.8) is 0 Å². The minimum atomic E-state index is -3.65. The number of carbonyl (C=O) groups excluding carboxylic acids is 1. The third-order valence-electron chi connectivity index (χ3n) is 5.02. The molecule has 6 nitrogen and oxygen atoms in total. The van der Waals surface area contributed by atoms with Crippen LogP contribution in [0.15, 0.2) is 53.4 Å². The smallest absolute Gasteiger partial charge is 0.412 e. The van der Waals surface area contributed by atoms with Gasteiger partial charge in [-0.2, -0.15) is 4.31 Å². The van der Waals surface area contributed by atoms with E-state index < -0.39 is 21.7 Å². The number of para-hydroxylation sites is 1. The molecule has 1 fully saturated rings. The van der Waals surface area contributed by atoms with Gasteiger partial charge >= 0.3 is 6.09 Å². The Morgan fingerprint density at radius 1 is 1.12 bits per heavy atom. The summed E-state index contributed by atoms with van der Waals surface area (Å²) in [4.78, 5) is 12.3. The molecular weight excluding hydrogens is 352 g/mol. The predicted molar refractivity (Wildman–Crippen MR) is 97.4 cm³/mol. The molecule has 7 heteroatoms. The first kappa shape index (κ1) is 17.1. The molecule has 2 heterocycles. The number of hydrogen-bond donors (Lipinski definition) is 1. The lowest BCUT2D eigenvalue weighted by Gasteiger charge is -2.44. The molecule has 136 valence electrons. The highest BCUT2D eigenvalue weighted by Crippen LogP contribution is 2.43. The van der Waals surface area contributed by atoms with E-state index in [-0.39, 0.29) is 11.4 Å². The summed E-state index contributed by atoms with van der Waals surface area (Å²) in [6.45, 7) is 2.44. The predicted octanol–water partition coefficient (Wildman–Crippen LogP) is 3.24. The Labute approximate surface area is 152 Å². The van der Waals surface area contributed by atoms with Crippen LogP contribution in [0.5, 0.6) is 0 Å². The van der Waals surface area contributed by atoms with Crippen LogP contribution in [0.2, 0.25) is 0 Å². The van der Waals surface area contributed by atoms with E-state index in [1.54, 1.807) is 24.3 Å². The highest BCUT2D eigenvalue weighted by Gasteiger charge is 2.47. The topological polar surface area (TPSA) is 75.7 Å². The van der Waals surface area contributed by atoms with Gasteiger partial charge in [-0.25, -0.2) is 13.2 Å². The standard InChI is InChI=1S/C19H20N2O4S/c1-14-7-9-15(10-8-14)26(23,24)21-12-4-11-19(13-21)16-5-2-3-6-17(16)20-18(22)25-19/h2-3,5-10H,4,11-13H2,1H3,(H,20,22). The Balaban J connectivity index is 1.72. The summed E-state index contributed by atoms with van der Waals surface area (Å²) < 4.78 is 33.3. The van der Waals surface area contributed by atoms with E-state index in [0.717, 1.165) is 11.1 Å². The Kier molecular flexibility index (Phi) is 4.00. The van der Waals surface area contributed by atoms with Crippen molar-refractivity contribution < 1.29 is 17.9 Å². The molecule has 1 spiro atoms. The summed E-state index contributed by atoms with van der Waals surface area (Å²) in [6.07, 6.45) is 0.669. The van der Waals surface area contributed by atoms with Crippen LogP contribution in [0.25, 0.3) is 0 Å². The van der Waals surface area contributed by atoms with Gasteiger partial charge in [0.1, 0.15) is 0 Å². The van der Waals surface area contributed by atoms with Crippen LogP contribution < -0.4 is 5.32 Å². The van der Waals surface area contributed by atoms with Gasteiger partial charge in [0.25, 0.3) is 0 Å². The molecule has 0 bridgehead atoms. The Morgan fingerprint density at radius 3 is 2.62 bits per heavy atom.